The van der Waals surface area contributed by atoms with Crippen molar-refractivity contribution in [3.05, 3.63) is 0 Å². The maximum atomic E-state index is 6.02. The van der Waals surface area contributed by atoms with Crippen molar-refractivity contribution >= 4 is 0 Å². The third-order valence-electron chi connectivity index (χ3n) is 2.45. The van der Waals surface area contributed by atoms with Crippen LogP contribution in [-0.4, -0.2) is 24.8 Å². The topological polar surface area (TPSA) is 61.3 Å². The fraction of sp³-hybridized carbons (Fsp3) is 1.00. The molecule has 1 aliphatic heterocycles. The molecule has 3 heteroatoms. The molecule has 11 heavy (non-hydrogen) atoms. The summed E-state index contributed by atoms with van der Waals surface area (Å²) in [6, 6.07) is 0. The van der Waals surface area contributed by atoms with Crippen LogP contribution in [0.2, 0.25) is 0 Å². The Morgan fingerprint density at radius 2 is 2.36 bits per heavy atom. The smallest absolute Gasteiger partial charge is 0.0590 e. The van der Waals surface area contributed by atoms with E-state index in [1.165, 1.54) is 0 Å². The zero-order chi connectivity index (χ0) is 8.32. The quantitative estimate of drug-likeness (QED) is 0.605. The van der Waals surface area contributed by atoms with Gasteiger partial charge < -0.3 is 16.2 Å². The summed E-state index contributed by atoms with van der Waals surface area (Å²) in [6.07, 6.45) is 3.19. The average Bonchev–Trinajstić information content (AvgIpc) is 2.05. The lowest BCUT2D eigenvalue weighted by Crippen LogP contribution is -2.53. The molecule has 1 aliphatic rings. The Morgan fingerprint density at radius 3 is 2.91 bits per heavy atom. The minimum atomic E-state index is -0.154. The van der Waals surface area contributed by atoms with Crippen molar-refractivity contribution in [1.82, 2.24) is 0 Å². The normalized spacial score (nSPS) is 39.0. The largest absolute Gasteiger partial charge is 0.378 e. The number of rotatable bonds is 2. The highest BCUT2D eigenvalue weighted by Gasteiger charge is 2.31. The summed E-state index contributed by atoms with van der Waals surface area (Å²) in [5, 5.41) is 0. The van der Waals surface area contributed by atoms with Gasteiger partial charge in [-0.05, 0) is 19.3 Å². The lowest BCUT2D eigenvalue weighted by atomic mass is 9.87. The summed E-state index contributed by atoms with van der Waals surface area (Å²) in [6.45, 7) is 3.46. The van der Waals surface area contributed by atoms with Gasteiger partial charge in [0.25, 0.3) is 0 Å². The number of ether oxygens (including phenoxy) is 1. The van der Waals surface area contributed by atoms with E-state index in [2.05, 4.69) is 6.92 Å². The molecular weight excluding hydrogens is 140 g/mol. The van der Waals surface area contributed by atoms with E-state index < -0.39 is 0 Å². The highest BCUT2D eigenvalue weighted by molar-refractivity contribution is 4.90. The molecule has 3 nitrogen and oxygen atoms in total. The van der Waals surface area contributed by atoms with Crippen LogP contribution >= 0.6 is 0 Å². The summed E-state index contributed by atoms with van der Waals surface area (Å²) in [7, 11) is 0. The summed E-state index contributed by atoms with van der Waals surface area (Å²) in [5.74, 6) is 0. The Bertz CT molecular complexity index is 129. The first-order valence-electron chi connectivity index (χ1n) is 4.31. The van der Waals surface area contributed by atoms with Gasteiger partial charge in [-0.3, -0.25) is 0 Å². The molecule has 2 unspecified atom stereocenters. The van der Waals surface area contributed by atoms with Crippen LogP contribution in [0, 0.1) is 0 Å². The fourth-order valence-electron chi connectivity index (χ4n) is 1.49. The molecule has 2 atom stereocenters. The second-order valence-electron chi connectivity index (χ2n) is 3.42. The van der Waals surface area contributed by atoms with E-state index in [1.807, 2.05) is 0 Å². The highest BCUT2D eigenvalue weighted by Crippen LogP contribution is 2.22. The maximum absolute atomic E-state index is 6.02. The average molecular weight is 158 g/mol. The molecule has 0 bridgehead atoms. The summed E-state index contributed by atoms with van der Waals surface area (Å²) in [5.41, 5.74) is 11.4. The first-order valence-corrected chi connectivity index (χ1v) is 4.31. The Hall–Kier alpha value is -0.120. The van der Waals surface area contributed by atoms with Crippen molar-refractivity contribution in [1.29, 1.82) is 0 Å². The molecule has 0 aromatic heterocycles. The van der Waals surface area contributed by atoms with E-state index in [0.29, 0.717) is 12.6 Å². The molecule has 0 spiro atoms. The van der Waals surface area contributed by atoms with Gasteiger partial charge in [0.15, 0.2) is 0 Å². The zero-order valence-corrected chi connectivity index (χ0v) is 7.18. The number of hydrogen-bond acceptors (Lipinski definition) is 3. The minimum absolute atomic E-state index is 0.154. The van der Waals surface area contributed by atoms with Gasteiger partial charge in [-0.2, -0.15) is 0 Å². The second kappa shape index (κ2) is 3.52. The third-order valence-corrected chi connectivity index (χ3v) is 2.45. The molecule has 0 aliphatic carbocycles. The number of hydrogen-bond donors (Lipinski definition) is 2. The summed E-state index contributed by atoms with van der Waals surface area (Å²) in [4.78, 5) is 0. The molecule has 0 aromatic carbocycles. The molecular formula is C8H18N2O. The standard InChI is InChI=1S/C8H18N2O/c1-2-7-5-8(10,6-9)3-4-11-7/h7H,2-6,9-10H2,1H3. The van der Waals surface area contributed by atoms with Gasteiger partial charge >= 0.3 is 0 Å². The molecule has 1 heterocycles. The molecule has 0 radical (unpaired) electrons. The Labute approximate surface area is 68.1 Å². The lowest BCUT2D eigenvalue weighted by molar-refractivity contribution is -0.0176. The van der Waals surface area contributed by atoms with Crippen LogP contribution < -0.4 is 11.5 Å². The fourth-order valence-corrected chi connectivity index (χ4v) is 1.49. The molecule has 66 valence electrons. The van der Waals surface area contributed by atoms with Crippen molar-refractivity contribution in [2.45, 2.75) is 37.8 Å². The van der Waals surface area contributed by atoms with Gasteiger partial charge in [0.1, 0.15) is 0 Å². The van der Waals surface area contributed by atoms with Crippen LogP contribution in [0.25, 0.3) is 0 Å². The van der Waals surface area contributed by atoms with Crippen molar-refractivity contribution in [3.8, 4) is 0 Å². The van der Waals surface area contributed by atoms with Gasteiger partial charge in [0, 0.05) is 18.7 Å². The predicted octanol–water partition coefficient (Wildman–Crippen LogP) is 0.232. The van der Waals surface area contributed by atoms with Crippen LogP contribution in [0.4, 0.5) is 0 Å². The van der Waals surface area contributed by atoms with E-state index >= 15 is 0 Å². The van der Waals surface area contributed by atoms with E-state index in [-0.39, 0.29) is 5.54 Å². The highest BCUT2D eigenvalue weighted by atomic mass is 16.5. The van der Waals surface area contributed by atoms with Crippen molar-refractivity contribution in [2.24, 2.45) is 11.5 Å². The number of nitrogens with two attached hydrogens (primary N) is 2. The Kier molecular flexibility index (Phi) is 2.87. The van der Waals surface area contributed by atoms with Crippen LogP contribution in [0.3, 0.4) is 0 Å². The maximum Gasteiger partial charge on any atom is 0.0590 e. The summed E-state index contributed by atoms with van der Waals surface area (Å²) < 4.78 is 5.49. The van der Waals surface area contributed by atoms with Crippen molar-refractivity contribution in [3.63, 3.8) is 0 Å². The first kappa shape index (κ1) is 8.97. The van der Waals surface area contributed by atoms with E-state index in [1.54, 1.807) is 0 Å². The van der Waals surface area contributed by atoms with Crippen molar-refractivity contribution < 1.29 is 4.74 Å². The minimum Gasteiger partial charge on any atom is -0.378 e. The van der Waals surface area contributed by atoms with Crippen LogP contribution in [0.5, 0.6) is 0 Å². The predicted molar refractivity (Wildman–Crippen MR) is 45.2 cm³/mol. The van der Waals surface area contributed by atoms with Gasteiger partial charge in [-0.1, -0.05) is 6.92 Å². The zero-order valence-electron chi connectivity index (χ0n) is 7.18. The molecule has 1 rings (SSSR count). The van der Waals surface area contributed by atoms with Gasteiger partial charge in [-0.15, -0.1) is 0 Å². The Balaban J connectivity index is 2.44. The molecule has 1 fully saturated rings. The van der Waals surface area contributed by atoms with E-state index in [4.69, 9.17) is 16.2 Å². The molecule has 0 aromatic rings. The van der Waals surface area contributed by atoms with Gasteiger partial charge in [0.2, 0.25) is 0 Å². The van der Waals surface area contributed by atoms with E-state index in [9.17, 15) is 0 Å². The second-order valence-corrected chi connectivity index (χ2v) is 3.42. The first-order chi connectivity index (χ1) is 5.20. The SMILES string of the molecule is CCC1CC(N)(CN)CCO1. The molecule has 0 saturated carbocycles. The van der Waals surface area contributed by atoms with Crippen LogP contribution in [-0.2, 0) is 4.74 Å². The monoisotopic (exact) mass is 158 g/mol. The summed E-state index contributed by atoms with van der Waals surface area (Å²) >= 11 is 0. The molecule has 0 amide bonds. The Morgan fingerprint density at radius 1 is 1.64 bits per heavy atom. The third kappa shape index (κ3) is 2.15. The van der Waals surface area contributed by atoms with Crippen LogP contribution in [0.15, 0.2) is 0 Å². The van der Waals surface area contributed by atoms with Gasteiger partial charge in [-0.25, -0.2) is 0 Å². The van der Waals surface area contributed by atoms with Gasteiger partial charge in [0.05, 0.1) is 6.10 Å². The molecule has 1 saturated heterocycles. The molecule has 4 N–H and O–H groups in total. The lowest BCUT2D eigenvalue weighted by Gasteiger charge is -2.36. The van der Waals surface area contributed by atoms with Crippen LogP contribution in [0.1, 0.15) is 26.2 Å². The van der Waals surface area contributed by atoms with Crippen molar-refractivity contribution in [2.75, 3.05) is 13.2 Å². The van der Waals surface area contributed by atoms with E-state index in [0.717, 1.165) is 25.9 Å².